The van der Waals surface area contributed by atoms with Crippen LogP contribution in [0.2, 0.25) is 0 Å². The van der Waals surface area contributed by atoms with Gasteiger partial charge in [0.05, 0.1) is 12.4 Å². The SMILES string of the molecule is CCn1cc(C2CCN(C(=O)Nc3ccc(F)cn3)CC2)cn1. The molecule has 6 nitrogen and oxygen atoms in total. The number of hydrogen-bond donors (Lipinski definition) is 1. The zero-order chi connectivity index (χ0) is 16.2. The molecule has 0 bridgehead atoms. The number of anilines is 1. The Morgan fingerprint density at radius 1 is 1.35 bits per heavy atom. The Morgan fingerprint density at radius 2 is 2.13 bits per heavy atom. The number of carbonyl (C=O) groups excluding carboxylic acids is 1. The first-order chi connectivity index (χ1) is 11.2. The van der Waals surface area contributed by atoms with E-state index in [0.717, 1.165) is 25.6 Å². The summed E-state index contributed by atoms with van der Waals surface area (Å²) in [6, 6.07) is 2.55. The Labute approximate surface area is 134 Å². The van der Waals surface area contributed by atoms with Crippen LogP contribution in [0.25, 0.3) is 0 Å². The monoisotopic (exact) mass is 317 g/mol. The topological polar surface area (TPSA) is 63.1 Å². The lowest BCUT2D eigenvalue weighted by atomic mass is 9.92. The number of halogens is 1. The van der Waals surface area contributed by atoms with Crippen LogP contribution in [0.15, 0.2) is 30.7 Å². The molecule has 1 saturated heterocycles. The maximum atomic E-state index is 12.8. The molecule has 0 spiro atoms. The normalized spacial score (nSPS) is 15.7. The van der Waals surface area contributed by atoms with Crippen molar-refractivity contribution in [3.05, 3.63) is 42.1 Å². The van der Waals surface area contributed by atoms with Crippen molar-refractivity contribution in [3.8, 4) is 0 Å². The highest BCUT2D eigenvalue weighted by atomic mass is 19.1. The van der Waals surface area contributed by atoms with E-state index < -0.39 is 5.82 Å². The fourth-order valence-corrected chi connectivity index (χ4v) is 2.82. The number of hydrogen-bond acceptors (Lipinski definition) is 3. The second-order valence-electron chi connectivity index (χ2n) is 5.68. The van der Waals surface area contributed by atoms with Gasteiger partial charge in [-0.2, -0.15) is 5.10 Å². The summed E-state index contributed by atoms with van der Waals surface area (Å²) in [5.74, 6) is 0.391. The number of amides is 2. The molecule has 1 fully saturated rings. The molecular formula is C16H20FN5O. The molecule has 0 atom stereocenters. The molecule has 122 valence electrons. The predicted molar refractivity (Wildman–Crippen MR) is 84.7 cm³/mol. The van der Waals surface area contributed by atoms with Crippen LogP contribution >= 0.6 is 0 Å². The standard InChI is InChI=1S/C16H20FN5O/c1-2-22-11-13(9-19-22)12-5-7-21(8-6-12)16(23)20-15-4-3-14(17)10-18-15/h3-4,9-12H,2,5-8H2,1H3,(H,18,20,23). The summed E-state index contributed by atoms with van der Waals surface area (Å²) in [4.78, 5) is 17.8. The van der Waals surface area contributed by atoms with E-state index in [9.17, 15) is 9.18 Å². The molecule has 0 aromatic carbocycles. The minimum Gasteiger partial charge on any atom is -0.324 e. The lowest BCUT2D eigenvalue weighted by Crippen LogP contribution is -2.40. The first-order valence-electron chi connectivity index (χ1n) is 7.85. The molecule has 1 aliphatic heterocycles. The minimum absolute atomic E-state index is 0.188. The molecular weight excluding hydrogens is 297 g/mol. The van der Waals surface area contributed by atoms with Gasteiger partial charge in [0.15, 0.2) is 0 Å². The van der Waals surface area contributed by atoms with Gasteiger partial charge >= 0.3 is 6.03 Å². The maximum absolute atomic E-state index is 12.8. The molecule has 1 N–H and O–H groups in total. The smallest absolute Gasteiger partial charge is 0.323 e. The van der Waals surface area contributed by atoms with Crippen molar-refractivity contribution in [1.82, 2.24) is 19.7 Å². The highest BCUT2D eigenvalue weighted by molar-refractivity contribution is 5.88. The van der Waals surface area contributed by atoms with E-state index in [1.54, 1.807) is 4.90 Å². The summed E-state index contributed by atoms with van der Waals surface area (Å²) in [6.07, 6.45) is 6.93. The van der Waals surface area contributed by atoms with Gasteiger partial charge in [-0.05, 0) is 43.4 Å². The molecule has 23 heavy (non-hydrogen) atoms. The molecule has 0 radical (unpaired) electrons. The van der Waals surface area contributed by atoms with Crippen LogP contribution in [-0.4, -0.2) is 38.8 Å². The van der Waals surface area contributed by atoms with Gasteiger partial charge in [-0.15, -0.1) is 0 Å². The Balaban J connectivity index is 1.53. The van der Waals surface area contributed by atoms with E-state index in [4.69, 9.17) is 0 Å². The van der Waals surface area contributed by atoms with Crippen molar-refractivity contribution < 1.29 is 9.18 Å². The van der Waals surface area contributed by atoms with Gasteiger partial charge in [-0.25, -0.2) is 14.2 Å². The van der Waals surface area contributed by atoms with Crippen molar-refractivity contribution in [2.45, 2.75) is 32.2 Å². The number of pyridine rings is 1. The molecule has 3 rings (SSSR count). The molecule has 0 saturated carbocycles. The second kappa shape index (κ2) is 6.76. The van der Waals surface area contributed by atoms with Crippen molar-refractivity contribution >= 4 is 11.8 Å². The van der Waals surface area contributed by atoms with Crippen LogP contribution in [0.3, 0.4) is 0 Å². The van der Waals surface area contributed by atoms with Crippen LogP contribution in [0.4, 0.5) is 15.0 Å². The lowest BCUT2D eigenvalue weighted by Gasteiger charge is -2.31. The number of nitrogens with zero attached hydrogens (tertiary/aromatic N) is 4. The zero-order valence-corrected chi connectivity index (χ0v) is 13.1. The molecule has 1 aliphatic rings. The van der Waals surface area contributed by atoms with Gasteiger partial charge in [-0.1, -0.05) is 0 Å². The van der Waals surface area contributed by atoms with Crippen LogP contribution < -0.4 is 5.32 Å². The summed E-state index contributed by atoms with van der Waals surface area (Å²) in [5.41, 5.74) is 1.24. The summed E-state index contributed by atoms with van der Waals surface area (Å²) in [6.45, 7) is 4.31. The number of urea groups is 1. The number of aryl methyl sites for hydroxylation is 1. The van der Waals surface area contributed by atoms with Gasteiger partial charge in [0.1, 0.15) is 11.6 Å². The molecule has 2 aromatic rings. The second-order valence-corrected chi connectivity index (χ2v) is 5.68. The number of nitrogens with one attached hydrogen (secondary N) is 1. The Kier molecular flexibility index (Phi) is 4.55. The van der Waals surface area contributed by atoms with Crippen LogP contribution in [0.5, 0.6) is 0 Å². The first-order valence-corrected chi connectivity index (χ1v) is 7.85. The Bertz CT molecular complexity index is 661. The van der Waals surface area contributed by atoms with E-state index >= 15 is 0 Å². The molecule has 0 aliphatic carbocycles. The van der Waals surface area contributed by atoms with Gasteiger partial charge in [0.25, 0.3) is 0 Å². The average Bonchev–Trinajstić information content (AvgIpc) is 3.06. The lowest BCUT2D eigenvalue weighted by molar-refractivity contribution is 0.194. The summed E-state index contributed by atoms with van der Waals surface area (Å²) in [7, 11) is 0. The number of likely N-dealkylation sites (tertiary alicyclic amines) is 1. The fraction of sp³-hybridized carbons (Fsp3) is 0.438. The molecule has 2 aromatic heterocycles. The van der Waals surface area contributed by atoms with Crippen LogP contribution in [0.1, 0.15) is 31.2 Å². The number of piperidine rings is 1. The highest BCUT2D eigenvalue weighted by Crippen LogP contribution is 2.27. The van der Waals surface area contributed by atoms with Crippen molar-refractivity contribution in [1.29, 1.82) is 0 Å². The zero-order valence-electron chi connectivity index (χ0n) is 13.1. The molecule has 7 heteroatoms. The highest BCUT2D eigenvalue weighted by Gasteiger charge is 2.24. The third-order valence-corrected chi connectivity index (χ3v) is 4.19. The van der Waals surface area contributed by atoms with Crippen molar-refractivity contribution in [2.24, 2.45) is 0 Å². The molecule has 3 heterocycles. The van der Waals surface area contributed by atoms with Gasteiger partial charge in [0.2, 0.25) is 0 Å². The fourth-order valence-electron chi connectivity index (χ4n) is 2.82. The minimum atomic E-state index is -0.420. The number of aromatic nitrogens is 3. The maximum Gasteiger partial charge on any atom is 0.323 e. The van der Waals surface area contributed by atoms with Gasteiger partial charge in [-0.3, -0.25) is 10.00 Å². The van der Waals surface area contributed by atoms with Crippen molar-refractivity contribution in [3.63, 3.8) is 0 Å². The number of rotatable bonds is 3. The van der Waals surface area contributed by atoms with Crippen LogP contribution in [-0.2, 0) is 6.54 Å². The van der Waals surface area contributed by atoms with E-state index in [1.807, 2.05) is 10.9 Å². The van der Waals surface area contributed by atoms with E-state index in [2.05, 4.69) is 28.5 Å². The van der Waals surface area contributed by atoms with Crippen LogP contribution in [0, 0.1) is 5.82 Å². The van der Waals surface area contributed by atoms with E-state index in [1.165, 1.54) is 17.7 Å². The van der Waals surface area contributed by atoms with Gasteiger partial charge in [0, 0.05) is 25.8 Å². The van der Waals surface area contributed by atoms with Crippen molar-refractivity contribution in [2.75, 3.05) is 18.4 Å². The predicted octanol–water partition coefficient (Wildman–Crippen LogP) is 2.85. The number of carbonyl (C=O) groups is 1. The summed E-state index contributed by atoms with van der Waals surface area (Å²) >= 11 is 0. The molecule has 0 unspecified atom stereocenters. The summed E-state index contributed by atoms with van der Waals surface area (Å²) < 4.78 is 14.7. The first kappa shape index (κ1) is 15.5. The quantitative estimate of drug-likeness (QED) is 0.947. The Morgan fingerprint density at radius 3 is 2.74 bits per heavy atom. The average molecular weight is 317 g/mol. The third-order valence-electron chi connectivity index (χ3n) is 4.19. The van der Waals surface area contributed by atoms with E-state index in [-0.39, 0.29) is 6.03 Å². The third kappa shape index (κ3) is 3.67. The summed E-state index contributed by atoms with van der Waals surface area (Å²) in [5, 5.41) is 7.01. The van der Waals surface area contributed by atoms with Gasteiger partial charge < -0.3 is 4.90 Å². The van der Waals surface area contributed by atoms with E-state index in [0.29, 0.717) is 24.8 Å². The molecule has 2 amide bonds. The Hall–Kier alpha value is -2.44. The largest absolute Gasteiger partial charge is 0.324 e.